The van der Waals surface area contributed by atoms with E-state index in [2.05, 4.69) is 9.97 Å². The van der Waals surface area contributed by atoms with Crippen LogP contribution in [0.25, 0.3) is 5.65 Å². The molecule has 0 saturated heterocycles. The summed E-state index contributed by atoms with van der Waals surface area (Å²) in [5, 5.41) is 0. The van der Waals surface area contributed by atoms with Gasteiger partial charge in [-0.25, -0.2) is 9.78 Å². The molecule has 6 heteroatoms. The number of hydrogen-bond donors (Lipinski definition) is 1. The maximum absolute atomic E-state index is 12.3. The topological polar surface area (TPSA) is 76.5 Å². The lowest BCUT2D eigenvalue weighted by Crippen LogP contribution is -2.16. The first-order chi connectivity index (χ1) is 11.0. The van der Waals surface area contributed by atoms with Crippen LogP contribution in [-0.4, -0.2) is 20.3 Å². The van der Waals surface area contributed by atoms with Crippen LogP contribution < -0.4 is 5.56 Å². The van der Waals surface area contributed by atoms with Gasteiger partial charge in [0.1, 0.15) is 12.3 Å². The number of imidazole rings is 1. The molecule has 0 aliphatic heterocycles. The number of H-pyrrole nitrogens is 1. The zero-order valence-corrected chi connectivity index (χ0v) is 13.2. The number of carbonyl (C=O) groups excluding carboxylic acids is 1. The number of fused-ring (bicyclic) bond motifs is 1. The van der Waals surface area contributed by atoms with Gasteiger partial charge in [-0.3, -0.25) is 4.79 Å². The molecular formula is C17H17N3O3. The van der Waals surface area contributed by atoms with Crippen molar-refractivity contribution in [3.8, 4) is 0 Å². The number of nitrogens with one attached hydrogen (secondary N) is 1. The van der Waals surface area contributed by atoms with Crippen LogP contribution in [0.2, 0.25) is 0 Å². The minimum absolute atomic E-state index is 0.0813. The van der Waals surface area contributed by atoms with E-state index in [1.807, 2.05) is 35.9 Å². The molecule has 3 aromatic rings. The number of pyridine rings is 2. The minimum Gasteiger partial charge on any atom is -0.455 e. The molecule has 3 rings (SSSR count). The van der Waals surface area contributed by atoms with Gasteiger partial charge < -0.3 is 14.1 Å². The van der Waals surface area contributed by atoms with Gasteiger partial charge in [0.2, 0.25) is 5.56 Å². The van der Waals surface area contributed by atoms with Crippen LogP contribution in [0.5, 0.6) is 0 Å². The second-order valence-corrected chi connectivity index (χ2v) is 5.55. The molecule has 0 atom stereocenters. The van der Waals surface area contributed by atoms with Crippen molar-refractivity contribution in [3.05, 3.63) is 69.0 Å². The van der Waals surface area contributed by atoms with Crippen LogP contribution in [0.15, 0.2) is 35.4 Å². The first kappa shape index (κ1) is 15.0. The van der Waals surface area contributed by atoms with Gasteiger partial charge in [-0.05, 0) is 38.0 Å². The fraction of sp³-hybridized carbons (Fsp3) is 0.235. The molecule has 0 radical (unpaired) electrons. The van der Waals surface area contributed by atoms with Crippen molar-refractivity contribution in [2.24, 2.45) is 0 Å². The molecule has 118 valence electrons. The molecule has 1 N–H and O–H groups in total. The molecule has 0 bridgehead atoms. The number of aromatic nitrogens is 3. The van der Waals surface area contributed by atoms with Crippen LogP contribution in [0.1, 0.15) is 32.9 Å². The Bertz CT molecular complexity index is 927. The average molecular weight is 311 g/mol. The summed E-state index contributed by atoms with van der Waals surface area (Å²) in [6, 6.07) is 5.30. The molecule has 0 aromatic carbocycles. The highest BCUT2D eigenvalue weighted by Crippen LogP contribution is 2.14. The summed E-state index contributed by atoms with van der Waals surface area (Å²) in [7, 11) is 0. The molecule has 0 spiro atoms. The fourth-order valence-corrected chi connectivity index (χ4v) is 2.65. The SMILES string of the molecule is Cc1cc(=O)[nH]c(C)c1C(=O)OCc1cn2cccc(C)c2n1. The van der Waals surface area contributed by atoms with Crippen molar-refractivity contribution in [2.45, 2.75) is 27.4 Å². The summed E-state index contributed by atoms with van der Waals surface area (Å²) in [5.41, 5.74) is 3.84. The third kappa shape index (κ3) is 2.88. The lowest BCUT2D eigenvalue weighted by atomic mass is 10.1. The summed E-state index contributed by atoms with van der Waals surface area (Å²) in [6.45, 7) is 5.45. The van der Waals surface area contributed by atoms with Gasteiger partial charge in [-0.15, -0.1) is 0 Å². The van der Waals surface area contributed by atoms with Gasteiger partial charge in [0.15, 0.2) is 0 Å². The molecule has 0 fully saturated rings. The average Bonchev–Trinajstić information content (AvgIpc) is 2.88. The largest absolute Gasteiger partial charge is 0.455 e. The highest BCUT2D eigenvalue weighted by Gasteiger charge is 2.16. The number of carbonyl (C=O) groups is 1. The minimum atomic E-state index is -0.468. The Morgan fingerprint density at radius 2 is 2.09 bits per heavy atom. The molecule has 3 aromatic heterocycles. The Hall–Kier alpha value is -2.89. The normalized spacial score (nSPS) is 10.9. The van der Waals surface area contributed by atoms with Crippen LogP contribution in [0.4, 0.5) is 0 Å². The smallest absolute Gasteiger partial charge is 0.340 e. The van der Waals surface area contributed by atoms with Gasteiger partial charge in [0, 0.05) is 24.2 Å². The van der Waals surface area contributed by atoms with Gasteiger partial charge in [0.25, 0.3) is 0 Å². The summed E-state index contributed by atoms with van der Waals surface area (Å²) in [5.74, 6) is -0.468. The lowest BCUT2D eigenvalue weighted by molar-refractivity contribution is 0.0466. The highest BCUT2D eigenvalue weighted by molar-refractivity contribution is 5.92. The third-order valence-corrected chi connectivity index (χ3v) is 3.71. The van der Waals surface area contributed by atoms with Crippen LogP contribution in [-0.2, 0) is 11.3 Å². The van der Waals surface area contributed by atoms with E-state index < -0.39 is 5.97 Å². The van der Waals surface area contributed by atoms with Gasteiger partial charge in [-0.1, -0.05) is 6.07 Å². The molecule has 0 unspecified atom stereocenters. The summed E-state index contributed by atoms with van der Waals surface area (Å²) < 4.78 is 7.25. The van der Waals surface area contributed by atoms with Crippen LogP contribution >= 0.6 is 0 Å². The second kappa shape index (κ2) is 5.72. The Balaban J connectivity index is 1.81. The van der Waals surface area contributed by atoms with Crippen LogP contribution in [0, 0.1) is 20.8 Å². The molecule has 3 heterocycles. The quantitative estimate of drug-likeness (QED) is 0.753. The molecular weight excluding hydrogens is 294 g/mol. The zero-order chi connectivity index (χ0) is 16.6. The van der Waals surface area contributed by atoms with E-state index in [-0.39, 0.29) is 12.2 Å². The summed E-state index contributed by atoms with van der Waals surface area (Å²) in [4.78, 5) is 30.7. The Morgan fingerprint density at radius 3 is 2.78 bits per heavy atom. The summed E-state index contributed by atoms with van der Waals surface area (Å²) in [6.07, 6.45) is 3.74. The number of nitrogens with zero attached hydrogens (tertiary/aromatic N) is 2. The van der Waals surface area contributed by atoms with Gasteiger partial charge in [-0.2, -0.15) is 0 Å². The maximum Gasteiger partial charge on any atom is 0.340 e. The zero-order valence-electron chi connectivity index (χ0n) is 13.2. The molecule has 0 saturated carbocycles. The number of ether oxygens (including phenoxy) is 1. The first-order valence-electron chi connectivity index (χ1n) is 7.26. The Kier molecular flexibility index (Phi) is 3.73. The second-order valence-electron chi connectivity index (χ2n) is 5.55. The van der Waals surface area contributed by atoms with Crippen molar-refractivity contribution in [2.75, 3.05) is 0 Å². The number of hydrogen-bond acceptors (Lipinski definition) is 4. The van der Waals surface area contributed by atoms with Crippen molar-refractivity contribution in [1.29, 1.82) is 0 Å². The van der Waals surface area contributed by atoms with Crippen LogP contribution in [0.3, 0.4) is 0 Å². The van der Waals surface area contributed by atoms with E-state index in [9.17, 15) is 9.59 Å². The number of esters is 1. The number of aryl methyl sites for hydroxylation is 3. The molecule has 0 aliphatic rings. The Labute approximate surface area is 132 Å². The first-order valence-corrected chi connectivity index (χ1v) is 7.26. The predicted octanol–water partition coefficient (Wildman–Crippen LogP) is 2.30. The number of aromatic amines is 1. The molecule has 23 heavy (non-hydrogen) atoms. The predicted molar refractivity (Wildman–Crippen MR) is 85.6 cm³/mol. The van der Waals surface area contributed by atoms with Crippen molar-refractivity contribution >= 4 is 11.6 Å². The van der Waals surface area contributed by atoms with Gasteiger partial charge >= 0.3 is 5.97 Å². The van der Waals surface area contributed by atoms with E-state index >= 15 is 0 Å². The fourth-order valence-electron chi connectivity index (χ4n) is 2.65. The van der Waals surface area contributed by atoms with Crippen molar-refractivity contribution in [1.82, 2.24) is 14.4 Å². The van der Waals surface area contributed by atoms with E-state index in [0.29, 0.717) is 22.5 Å². The Morgan fingerprint density at radius 1 is 1.30 bits per heavy atom. The third-order valence-electron chi connectivity index (χ3n) is 3.71. The summed E-state index contributed by atoms with van der Waals surface area (Å²) >= 11 is 0. The highest BCUT2D eigenvalue weighted by atomic mass is 16.5. The standard InChI is InChI=1S/C17H17N3O3/c1-10-5-4-6-20-8-13(19-16(10)20)9-23-17(22)15-11(2)7-14(21)18-12(15)3/h4-8H,9H2,1-3H3,(H,18,21). The van der Waals surface area contributed by atoms with Crippen molar-refractivity contribution < 1.29 is 9.53 Å². The number of rotatable bonds is 3. The monoisotopic (exact) mass is 311 g/mol. The van der Waals surface area contributed by atoms with E-state index in [0.717, 1.165) is 11.2 Å². The molecule has 0 amide bonds. The van der Waals surface area contributed by atoms with E-state index in [1.54, 1.807) is 13.8 Å². The molecule has 0 aliphatic carbocycles. The lowest BCUT2D eigenvalue weighted by Gasteiger charge is -2.08. The van der Waals surface area contributed by atoms with E-state index in [4.69, 9.17) is 4.74 Å². The van der Waals surface area contributed by atoms with Crippen molar-refractivity contribution in [3.63, 3.8) is 0 Å². The molecule has 6 nitrogen and oxygen atoms in total. The van der Waals surface area contributed by atoms with E-state index in [1.165, 1.54) is 6.07 Å². The van der Waals surface area contributed by atoms with Gasteiger partial charge in [0.05, 0.1) is 11.3 Å². The maximum atomic E-state index is 12.3.